The van der Waals surface area contributed by atoms with Crippen molar-refractivity contribution in [1.29, 1.82) is 0 Å². The Morgan fingerprint density at radius 1 is 0.857 bits per heavy atom. The van der Waals surface area contributed by atoms with Crippen LogP contribution in [0.3, 0.4) is 0 Å². The molecule has 0 atom stereocenters. The third-order valence-electron chi connectivity index (χ3n) is 1.93. The lowest BCUT2D eigenvalue weighted by Gasteiger charge is -2.24. The molecule has 0 N–H and O–H groups in total. The molecule has 0 saturated carbocycles. The van der Waals surface area contributed by atoms with Gasteiger partial charge in [-0.2, -0.15) is 0 Å². The lowest BCUT2D eigenvalue weighted by atomic mass is 10.4. The van der Waals surface area contributed by atoms with Crippen molar-refractivity contribution in [3.05, 3.63) is 30.3 Å². The van der Waals surface area contributed by atoms with Crippen LogP contribution in [0.5, 0.6) is 0 Å². The van der Waals surface area contributed by atoms with Crippen molar-refractivity contribution in [2.45, 2.75) is 0 Å². The molecule has 0 aliphatic heterocycles. The first-order chi connectivity index (χ1) is 6.29. The highest BCUT2D eigenvalue weighted by atomic mass is 28.4. The fourth-order valence-electron chi connectivity index (χ4n) is 1.25. The van der Waals surface area contributed by atoms with Gasteiger partial charge in [0.05, 0.1) is 0 Å². The predicted molar refractivity (Wildman–Crippen MR) is 64.2 cm³/mol. The predicted octanol–water partition coefficient (Wildman–Crippen LogP) is -0.680. The fraction of sp³-hybridized carbons (Fsp3) is 0.333. The van der Waals surface area contributed by atoms with Crippen LogP contribution in [0.15, 0.2) is 30.3 Å². The summed E-state index contributed by atoms with van der Waals surface area (Å²) in [6.07, 6.45) is 0. The van der Waals surface area contributed by atoms with E-state index in [0.29, 0.717) is 0 Å². The molecule has 0 aliphatic rings. The van der Waals surface area contributed by atoms with Crippen LogP contribution in [0.2, 0.25) is 0 Å². The summed E-state index contributed by atoms with van der Waals surface area (Å²) in [4.78, 5) is 0. The van der Waals surface area contributed by atoms with E-state index >= 15 is 0 Å². The molecule has 3 nitrogen and oxygen atoms in total. The Morgan fingerprint density at radius 2 is 1.29 bits per heavy atom. The molecule has 1 aromatic rings. The van der Waals surface area contributed by atoms with E-state index in [1.807, 2.05) is 30.3 Å². The van der Waals surface area contributed by atoms with Crippen molar-refractivity contribution in [1.82, 2.24) is 0 Å². The first kappa shape index (κ1) is 13.5. The number of hydrogen-bond acceptors (Lipinski definition) is 3. The average molecular weight is 230 g/mol. The Kier molecular flexibility index (Phi) is 5.90. The van der Waals surface area contributed by atoms with E-state index in [1.165, 1.54) is 0 Å². The van der Waals surface area contributed by atoms with Gasteiger partial charge in [0.2, 0.25) is 0 Å². The van der Waals surface area contributed by atoms with Crippen LogP contribution in [0.1, 0.15) is 0 Å². The largest absolute Gasteiger partial charge is 0.536 e. The summed E-state index contributed by atoms with van der Waals surface area (Å²) >= 11 is 0. The fourth-order valence-corrected chi connectivity index (χ4v) is 3.05. The van der Waals surface area contributed by atoms with Crippen LogP contribution < -0.4 is 5.19 Å². The van der Waals surface area contributed by atoms with Gasteiger partial charge in [-0.25, -0.2) is 0 Å². The summed E-state index contributed by atoms with van der Waals surface area (Å²) in [6, 6.07) is 9.72. The van der Waals surface area contributed by atoms with E-state index in [0.717, 1.165) is 5.19 Å². The van der Waals surface area contributed by atoms with Crippen LogP contribution in [0, 0.1) is 0 Å². The molecule has 0 spiro atoms. The molecule has 1 rings (SSSR count). The maximum absolute atomic E-state index is 5.32. The summed E-state index contributed by atoms with van der Waals surface area (Å²) in [6.45, 7) is 0. The Morgan fingerprint density at radius 3 is 1.64 bits per heavy atom. The summed E-state index contributed by atoms with van der Waals surface area (Å²) in [7, 11) is 2.22. The van der Waals surface area contributed by atoms with E-state index in [1.54, 1.807) is 21.3 Å². The summed E-state index contributed by atoms with van der Waals surface area (Å²) in [5.41, 5.74) is 0. The van der Waals surface area contributed by atoms with Gasteiger partial charge in [0.1, 0.15) is 0 Å². The average Bonchev–Trinajstić information content (AvgIpc) is 2.23. The standard InChI is InChI=1S/C9H14O3Si.H4Si/c1-10-13(11-2,12-3)9-7-5-4-6-8-9;/h4-8H,1-3H3;1H4. The van der Waals surface area contributed by atoms with Crippen molar-refractivity contribution in [3.8, 4) is 0 Å². The zero-order chi connectivity index (χ0) is 9.73. The second-order valence-electron chi connectivity index (χ2n) is 2.53. The van der Waals surface area contributed by atoms with Crippen molar-refractivity contribution in [3.63, 3.8) is 0 Å². The Bertz CT molecular complexity index is 241. The van der Waals surface area contributed by atoms with Crippen molar-refractivity contribution in [2.75, 3.05) is 21.3 Å². The molecule has 0 radical (unpaired) electrons. The lowest BCUT2D eigenvalue weighted by molar-refractivity contribution is 0.140. The molecule has 0 heterocycles. The smallest absolute Gasteiger partial charge is 0.373 e. The van der Waals surface area contributed by atoms with Gasteiger partial charge in [-0.3, -0.25) is 0 Å². The number of benzene rings is 1. The van der Waals surface area contributed by atoms with Crippen LogP contribution in [-0.4, -0.2) is 41.1 Å². The number of hydrogen-bond donors (Lipinski definition) is 0. The monoisotopic (exact) mass is 230 g/mol. The first-order valence-corrected chi connectivity index (χ1v) is 5.72. The van der Waals surface area contributed by atoms with Crippen LogP contribution in [0.4, 0.5) is 0 Å². The van der Waals surface area contributed by atoms with Gasteiger partial charge in [0, 0.05) is 26.5 Å². The van der Waals surface area contributed by atoms with Gasteiger partial charge < -0.3 is 13.3 Å². The Hall–Kier alpha value is -0.466. The molecule has 1 aromatic carbocycles. The lowest BCUT2D eigenvalue weighted by Crippen LogP contribution is -2.54. The molecule has 0 amide bonds. The molecule has 0 aromatic heterocycles. The van der Waals surface area contributed by atoms with E-state index < -0.39 is 8.80 Å². The topological polar surface area (TPSA) is 27.7 Å². The van der Waals surface area contributed by atoms with Gasteiger partial charge in [0.25, 0.3) is 0 Å². The molecule has 0 aliphatic carbocycles. The molecular weight excluding hydrogens is 212 g/mol. The van der Waals surface area contributed by atoms with Gasteiger partial charge in [-0.05, 0) is 11.0 Å². The highest BCUT2D eigenvalue weighted by Crippen LogP contribution is 2.05. The van der Waals surface area contributed by atoms with Crippen molar-refractivity contribution >= 4 is 25.0 Å². The third-order valence-corrected chi connectivity index (χ3v) is 4.59. The second kappa shape index (κ2) is 6.10. The van der Waals surface area contributed by atoms with Gasteiger partial charge in [-0.1, -0.05) is 30.3 Å². The second-order valence-corrected chi connectivity index (χ2v) is 5.45. The SMILES string of the molecule is CO[Si](OC)(OC)c1ccccc1.[SiH4]. The van der Waals surface area contributed by atoms with Crippen molar-refractivity contribution < 1.29 is 13.3 Å². The minimum Gasteiger partial charge on any atom is -0.373 e. The summed E-state index contributed by atoms with van der Waals surface area (Å²) in [5, 5.41) is 0.975. The Balaban J connectivity index is 0.00000169. The van der Waals surface area contributed by atoms with Crippen LogP contribution >= 0.6 is 0 Å². The highest BCUT2D eigenvalue weighted by molar-refractivity contribution is 6.75. The van der Waals surface area contributed by atoms with Gasteiger partial charge >= 0.3 is 8.80 Å². The van der Waals surface area contributed by atoms with E-state index in [-0.39, 0.29) is 11.0 Å². The van der Waals surface area contributed by atoms with Gasteiger partial charge in [-0.15, -0.1) is 0 Å². The van der Waals surface area contributed by atoms with Crippen LogP contribution in [-0.2, 0) is 13.3 Å². The molecule has 0 saturated heterocycles. The van der Waals surface area contributed by atoms with Crippen molar-refractivity contribution in [2.24, 2.45) is 0 Å². The summed E-state index contributed by atoms with van der Waals surface area (Å²) in [5.74, 6) is 0. The maximum Gasteiger partial charge on any atom is 0.536 e. The zero-order valence-corrected chi connectivity index (χ0v) is 9.11. The van der Waals surface area contributed by atoms with Crippen LogP contribution in [0.25, 0.3) is 0 Å². The van der Waals surface area contributed by atoms with E-state index in [9.17, 15) is 0 Å². The Labute approximate surface area is 90.4 Å². The third kappa shape index (κ3) is 2.52. The minimum atomic E-state index is -2.59. The normalized spacial score (nSPS) is 10.8. The zero-order valence-electron chi connectivity index (χ0n) is 8.11. The molecule has 0 fully saturated rings. The van der Waals surface area contributed by atoms with E-state index in [4.69, 9.17) is 13.3 Å². The molecule has 80 valence electrons. The highest BCUT2D eigenvalue weighted by Gasteiger charge is 2.40. The molecule has 0 unspecified atom stereocenters. The summed E-state index contributed by atoms with van der Waals surface area (Å²) < 4.78 is 16.0. The number of rotatable bonds is 4. The quantitative estimate of drug-likeness (QED) is 0.642. The van der Waals surface area contributed by atoms with Gasteiger partial charge in [0.15, 0.2) is 0 Å². The van der Waals surface area contributed by atoms with E-state index in [2.05, 4.69) is 0 Å². The molecular formula is C9H18O3Si2. The molecule has 5 heteroatoms. The molecule has 0 bridgehead atoms. The minimum absolute atomic E-state index is 0. The maximum atomic E-state index is 5.32. The molecule has 14 heavy (non-hydrogen) atoms. The first-order valence-electron chi connectivity index (χ1n) is 4.00.